The quantitative estimate of drug-likeness (QED) is 0.906. The summed E-state index contributed by atoms with van der Waals surface area (Å²) in [6, 6.07) is 0.326. The third kappa shape index (κ3) is 4.06. The minimum atomic E-state index is 0.116. The van der Waals surface area contributed by atoms with E-state index in [1.807, 2.05) is 20.8 Å². The molecule has 21 heavy (non-hydrogen) atoms. The molecule has 1 fully saturated rings. The monoisotopic (exact) mass is 293 g/mol. The van der Waals surface area contributed by atoms with Crippen LogP contribution in [0, 0.1) is 19.8 Å². The third-order valence-corrected chi connectivity index (χ3v) is 4.56. The first-order chi connectivity index (χ1) is 10.0. The van der Waals surface area contributed by atoms with Crippen LogP contribution in [0.15, 0.2) is 4.52 Å². The van der Waals surface area contributed by atoms with Crippen molar-refractivity contribution in [3.05, 3.63) is 17.0 Å². The summed E-state index contributed by atoms with van der Waals surface area (Å²) in [4.78, 5) is 14.3. The fourth-order valence-electron chi connectivity index (χ4n) is 2.72. The van der Waals surface area contributed by atoms with E-state index in [4.69, 9.17) is 4.52 Å². The van der Waals surface area contributed by atoms with Crippen molar-refractivity contribution in [3.63, 3.8) is 0 Å². The van der Waals surface area contributed by atoms with Crippen LogP contribution in [-0.4, -0.2) is 35.1 Å². The molecule has 118 valence electrons. The Morgan fingerprint density at radius 1 is 1.43 bits per heavy atom. The molecule has 1 amide bonds. The number of amides is 1. The Kier molecular flexibility index (Phi) is 5.39. The summed E-state index contributed by atoms with van der Waals surface area (Å²) < 4.78 is 5.22. The molecule has 0 saturated carbocycles. The largest absolute Gasteiger partial charge is 0.361 e. The molecule has 5 nitrogen and oxygen atoms in total. The molecule has 0 spiro atoms. The average Bonchev–Trinajstić information content (AvgIpc) is 2.80. The van der Waals surface area contributed by atoms with Gasteiger partial charge in [0.1, 0.15) is 5.76 Å². The molecule has 5 heteroatoms. The van der Waals surface area contributed by atoms with E-state index in [0.717, 1.165) is 50.4 Å². The number of carbonyl (C=O) groups is 1. The molecule has 2 heterocycles. The molecule has 0 aromatic carbocycles. The number of nitrogens with zero attached hydrogens (tertiary/aromatic N) is 2. The van der Waals surface area contributed by atoms with Gasteiger partial charge in [-0.15, -0.1) is 0 Å². The summed E-state index contributed by atoms with van der Waals surface area (Å²) in [5, 5.41) is 7.18. The SMILES string of the molecule is CC[C@H](C)C(=O)NC1CCN(Cc2c(C)noc2C)CC1. The zero-order valence-corrected chi connectivity index (χ0v) is 13.6. The minimum absolute atomic E-state index is 0.116. The topological polar surface area (TPSA) is 58.4 Å². The molecule has 0 aliphatic carbocycles. The van der Waals surface area contributed by atoms with Crippen LogP contribution in [0.4, 0.5) is 0 Å². The number of likely N-dealkylation sites (tertiary alicyclic amines) is 1. The molecule has 1 atom stereocenters. The molecule has 1 aromatic rings. The first-order valence-corrected chi connectivity index (χ1v) is 7.95. The van der Waals surface area contributed by atoms with Crippen LogP contribution < -0.4 is 5.32 Å². The van der Waals surface area contributed by atoms with Crippen molar-refractivity contribution in [2.24, 2.45) is 5.92 Å². The molecule has 1 aliphatic rings. The maximum absolute atomic E-state index is 11.9. The second-order valence-electron chi connectivity index (χ2n) is 6.17. The highest BCUT2D eigenvalue weighted by atomic mass is 16.5. The number of rotatable bonds is 5. The number of aromatic nitrogens is 1. The number of aryl methyl sites for hydroxylation is 2. The second kappa shape index (κ2) is 7.07. The molecule has 1 aromatic heterocycles. The van der Waals surface area contributed by atoms with Crippen LogP contribution in [-0.2, 0) is 11.3 Å². The lowest BCUT2D eigenvalue weighted by Gasteiger charge is -2.32. The van der Waals surface area contributed by atoms with E-state index in [-0.39, 0.29) is 11.8 Å². The maximum atomic E-state index is 11.9. The smallest absolute Gasteiger partial charge is 0.223 e. The van der Waals surface area contributed by atoms with Gasteiger partial charge in [0.15, 0.2) is 0 Å². The van der Waals surface area contributed by atoms with Gasteiger partial charge in [-0.2, -0.15) is 0 Å². The Morgan fingerprint density at radius 2 is 2.10 bits per heavy atom. The highest BCUT2D eigenvalue weighted by molar-refractivity contribution is 5.78. The molecule has 1 N–H and O–H groups in total. The molecule has 2 rings (SSSR count). The Labute approximate surface area is 127 Å². The van der Waals surface area contributed by atoms with E-state index in [9.17, 15) is 4.79 Å². The number of hydrogen-bond acceptors (Lipinski definition) is 4. The lowest BCUT2D eigenvalue weighted by molar-refractivity contribution is -0.125. The number of carbonyl (C=O) groups excluding carboxylic acids is 1. The Balaban J connectivity index is 1.80. The Bertz CT molecular complexity index is 456. The van der Waals surface area contributed by atoms with Crippen LogP contribution in [0.3, 0.4) is 0 Å². The fraction of sp³-hybridized carbons (Fsp3) is 0.750. The summed E-state index contributed by atoms with van der Waals surface area (Å²) >= 11 is 0. The van der Waals surface area contributed by atoms with Gasteiger partial charge >= 0.3 is 0 Å². The Morgan fingerprint density at radius 3 is 2.62 bits per heavy atom. The van der Waals surface area contributed by atoms with Crippen molar-refractivity contribution < 1.29 is 9.32 Å². The van der Waals surface area contributed by atoms with Gasteiger partial charge in [-0.1, -0.05) is 19.0 Å². The van der Waals surface area contributed by atoms with Crippen molar-refractivity contribution in [3.8, 4) is 0 Å². The van der Waals surface area contributed by atoms with Gasteiger partial charge in [-0.05, 0) is 33.1 Å². The van der Waals surface area contributed by atoms with Crippen LogP contribution in [0.5, 0.6) is 0 Å². The average molecular weight is 293 g/mol. The molecule has 1 saturated heterocycles. The van der Waals surface area contributed by atoms with Crippen molar-refractivity contribution in [2.75, 3.05) is 13.1 Å². The van der Waals surface area contributed by atoms with Crippen LogP contribution in [0.2, 0.25) is 0 Å². The van der Waals surface area contributed by atoms with Crippen LogP contribution in [0.1, 0.15) is 50.1 Å². The highest BCUT2D eigenvalue weighted by Gasteiger charge is 2.23. The van der Waals surface area contributed by atoms with Crippen LogP contribution in [0.25, 0.3) is 0 Å². The summed E-state index contributed by atoms with van der Waals surface area (Å²) in [7, 11) is 0. The molecular weight excluding hydrogens is 266 g/mol. The van der Waals surface area contributed by atoms with Crippen molar-refractivity contribution in [1.82, 2.24) is 15.4 Å². The van der Waals surface area contributed by atoms with Gasteiger partial charge in [0.2, 0.25) is 5.91 Å². The van der Waals surface area contributed by atoms with Gasteiger partial charge in [0.05, 0.1) is 5.69 Å². The van der Waals surface area contributed by atoms with Crippen molar-refractivity contribution in [2.45, 2.75) is 59.5 Å². The third-order valence-electron chi connectivity index (χ3n) is 4.56. The lowest BCUT2D eigenvalue weighted by Crippen LogP contribution is -2.45. The van der Waals surface area contributed by atoms with E-state index in [1.165, 1.54) is 5.56 Å². The van der Waals surface area contributed by atoms with E-state index in [0.29, 0.717) is 6.04 Å². The molecular formula is C16H27N3O2. The van der Waals surface area contributed by atoms with Gasteiger partial charge in [0.25, 0.3) is 0 Å². The van der Waals surface area contributed by atoms with E-state index < -0.39 is 0 Å². The minimum Gasteiger partial charge on any atom is -0.361 e. The first kappa shape index (κ1) is 16.0. The highest BCUT2D eigenvalue weighted by Crippen LogP contribution is 2.19. The van der Waals surface area contributed by atoms with Gasteiger partial charge in [-0.25, -0.2) is 0 Å². The standard InChI is InChI=1S/C16H27N3O2/c1-5-11(2)16(20)17-14-6-8-19(9-7-14)10-15-12(3)18-21-13(15)4/h11,14H,5-10H2,1-4H3,(H,17,20)/t11-/m0/s1. The first-order valence-electron chi connectivity index (χ1n) is 7.95. The Hall–Kier alpha value is -1.36. The van der Waals surface area contributed by atoms with E-state index in [1.54, 1.807) is 0 Å². The molecule has 1 aliphatic heterocycles. The van der Waals surface area contributed by atoms with Crippen molar-refractivity contribution in [1.29, 1.82) is 0 Å². The fourth-order valence-corrected chi connectivity index (χ4v) is 2.72. The number of nitrogens with one attached hydrogen (secondary N) is 1. The van der Waals surface area contributed by atoms with Gasteiger partial charge < -0.3 is 9.84 Å². The predicted octanol–water partition coefficient (Wildman–Crippen LogP) is 2.42. The maximum Gasteiger partial charge on any atom is 0.223 e. The summed E-state index contributed by atoms with van der Waals surface area (Å²) in [6.07, 6.45) is 2.94. The molecule has 0 unspecified atom stereocenters. The summed E-state index contributed by atoms with van der Waals surface area (Å²) in [5.41, 5.74) is 2.19. The number of hydrogen-bond donors (Lipinski definition) is 1. The number of piperidine rings is 1. The second-order valence-corrected chi connectivity index (χ2v) is 6.17. The summed E-state index contributed by atoms with van der Waals surface area (Å²) in [5.74, 6) is 1.23. The van der Waals surface area contributed by atoms with Crippen molar-refractivity contribution >= 4 is 5.91 Å². The molecule has 0 bridgehead atoms. The summed E-state index contributed by atoms with van der Waals surface area (Å²) in [6.45, 7) is 10.9. The zero-order valence-electron chi connectivity index (χ0n) is 13.6. The van der Waals surface area contributed by atoms with Crippen LogP contribution >= 0.6 is 0 Å². The van der Waals surface area contributed by atoms with Gasteiger partial charge in [-0.3, -0.25) is 9.69 Å². The predicted molar refractivity (Wildman–Crippen MR) is 81.9 cm³/mol. The van der Waals surface area contributed by atoms with E-state index >= 15 is 0 Å². The zero-order chi connectivity index (χ0) is 15.4. The van der Waals surface area contributed by atoms with Gasteiger partial charge in [0, 0.05) is 37.2 Å². The lowest BCUT2D eigenvalue weighted by atomic mass is 10.0. The van der Waals surface area contributed by atoms with E-state index in [2.05, 4.69) is 22.3 Å². The molecule has 0 radical (unpaired) electrons. The normalized spacial score (nSPS) is 18.7.